The summed E-state index contributed by atoms with van der Waals surface area (Å²) in [6, 6.07) is 9.88. The van der Waals surface area contributed by atoms with Crippen LogP contribution in [-0.4, -0.2) is 20.9 Å². The first kappa shape index (κ1) is 16.8. The van der Waals surface area contributed by atoms with Crippen LogP contribution in [0.15, 0.2) is 41.3 Å². The van der Waals surface area contributed by atoms with E-state index in [9.17, 15) is 13.2 Å². The molecule has 0 aliphatic carbocycles. The van der Waals surface area contributed by atoms with Crippen LogP contribution in [0.25, 0.3) is 0 Å². The Morgan fingerprint density at radius 3 is 2.67 bits per heavy atom. The van der Waals surface area contributed by atoms with Gasteiger partial charge in [-0.1, -0.05) is 17.7 Å². The van der Waals surface area contributed by atoms with Crippen molar-refractivity contribution in [3.63, 3.8) is 0 Å². The van der Waals surface area contributed by atoms with Gasteiger partial charge in [0.05, 0.1) is 11.3 Å². The summed E-state index contributed by atoms with van der Waals surface area (Å²) in [6.07, 6.45) is 0.287. The summed E-state index contributed by atoms with van der Waals surface area (Å²) in [4.78, 5) is 13.8. The van der Waals surface area contributed by atoms with Gasteiger partial charge in [-0.2, -0.15) is 0 Å². The highest BCUT2D eigenvalue weighted by atomic mass is 35.5. The smallest absolute Gasteiger partial charge is 0.262 e. The number of halogens is 1. The number of nitrogens with zero attached hydrogens (tertiary/aromatic N) is 1. The van der Waals surface area contributed by atoms with E-state index in [0.717, 1.165) is 11.3 Å². The SMILES string of the molecule is CCN1C(=O)Cc2cc(NS(=O)(=O)c3cc(Cl)ccc3C)ccc21. The molecule has 5 nitrogen and oxygen atoms in total. The number of aryl methyl sites for hydroxylation is 1. The van der Waals surface area contributed by atoms with Crippen LogP contribution < -0.4 is 9.62 Å². The number of benzene rings is 2. The maximum absolute atomic E-state index is 12.6. The van der Waals surface area contributed by atoms with Gasteiger partial charge >= 0.3 is 0 Å². The van der Waals surface area contributed by atoms with Crippen LogP contribution in [0.5, 0.6) is 0 Å². The minimum atomic E-state index is -3.75. The Morgan fingerprint density at radius 2 is 1.96 bits per heavy atom. The highest BCUT2D eigenvalue weighted by Gasteiger charge is 2.26. The summed E-state index contributed by atoms with van der Waals surface area (Å²) in [5, 5.41) is 0.360. The average Bonchev–Trinajstić information content (AvgIpc) is 2.83. The number of carbonyl (C=O) groups excluding carboxylic acids is 1. The molecule has 0 saturated heterocycles. The van der Waals surface area contributed by atoms with E-state index in [1.807, 2.05) is 6.92 Å². The van der Waals surface area contributed by atoms with Gasteiger partial charge in [-0.15, -0.1) is 0 Å². The Balaban J connectivity index is 1.93. The van der Waals surface area contributed by atoms with E-state index in [1.165, 1.54) is 6.07 Å². The Bertz CT molecular complexity index is 925. The Kier molecular flexibility index (Phi) is 4.27. The fraction of sp³-hybridized carbons (Fsp3) is 0.235. The fourth-order valence-corrected chi connectivity index (χ4v) is 4.42. The molecule has 7 heteroatoms. The number of fused-ring (bicyclic) bond motifs is 1. The second kappa shape index (κ2) is 6.11. The normalized spacial score (nSPS) is 14.0. The summed E-state index contributed by atoms with van der Waals surface area (Å²) >= 11 is 5.92. The van der Waals surface area contributed by atoms with Gasteiger partial charge in [0.1, 0.15) is 0 Å². The van der Waals surface area contributed by atoms with Gasteiger partial charge in [0, 0.05) is 22.9 Å². The standard InChI is InChI=1S/C17H17ClN2O3S/c1-3-20-15-7-6-14(8-12(15)9-17(20)21)19-24(22,23)16-10-13(18)5-4-11(16)2/h4-8,10,19H,3,9H2,1-2H3. The number of likely N-dealkylation sites (N-methyl/N-ethyl adjacent to an activating group) is 1. The van der Waals surface area contributed by atoms with Crippen LogP contribution >= 0.6 is 11.6 Å². The summed E-state index contributed by atoms with van der Waals surface area (Å²) in [5.41, 5.74) is 2.70. The van der Waals surface area contributed by atoms with Crippen molar-refractivity contribution in [3.8, 4) is 0 Å². The number of rotatable bonds is 4. The molecule has 0 aromatic heterocycles. The third-order valence-electron chi connectivity index (χ3n) is 4.02. The zero-order valence-corrected chi connectivity index (χ0v) is 14.9. The van der Waals surface area contributed by atoms with Gasteiger partial charge in [-0.05, 0) is 55.3 Å². The van der Waals surface area contributed by atoms with Crippen molar-refractivity contribution < 1.29 is 13.2 Å². The lowest BCUT2D eigenvalue weighted by molar-refractivity contribution is -0.117. The topological polar surface area (TPSA) is 66.5 Å². The minimum absolute atomic E-state index is 0.0261. The maximum Gasteiger partial charge on any atom is 0.262 e. The van der Waals surface area contributed by atoms with Crippen LogP contribution in [0.4, 0.5) is 11.4 Å². The molecule has 1 N–H and O–H groups in total. The van der Waals surface area contributed by atoms with E-state index in [2.05, 4.69) is 4.72 Å². The molecule has 0 unspecified atom stereocenters. The number of anilines is 2. The molecule has 0 bridgehead atoms. The predicted octanol–water partition coefficient (Wildman–Crippen LogP) is 3.36. The Labute approximate surface area is 146 Å². The highest BCUT2D eigenvalue weighted by Crippen LogP contribution is 2.32. The van der Waals surface area contributed by atoms with E-state index < -0.39 is 10.0 Å². The van der Waals surface area contributed by atoms with Crippen molar-refractivity contribution in [2.24, 2.45) is 0 Å². The number of amides is 1. The maximum atomic E-state index is 12.6. The predicted molar refractivity (Wildman–Crippen MR) is 95.2 cm³/mol. The lowest BCUT2D eigenvalue weighted by Crippen LogP contribution is -2.25. The monoisotopic (exact) mass is 364 g/mol. The molecular formula is C17H17ClN2O3S. The molecule has 2 aromatic rings. The largest absolute Gasteiger partial charge is 0.312 e. The summed E-state index contributed by atoms with van der Waals surface area (Å²) in [5.74, 6) is 0.0261. The Morgan fingerprint density at radius 1 is 1.21 bits per heavy atom. The molecule has 126 valence electrons. The molecule has 24 heavy (non-hydrogen) atoms. The van der Waals surface area contributed by atoms with Crippen LogP contribution in [0, 0.1) is 6.92 Å². The van der Waals surface area contributed by atoms with Gasteiger partial charge < -0.3 is 4.90 Å². The number of nitrogens with one attached hydrogen (secondary N) is 1. The molecule has 0 fully saturated rings. The molecule has 1 aliphatic heterocycles. The summed E-state index contributed by atoms with van der Waals surface area (Å²) in [7, 11) is -3.75. The van der Waals surface area contributed by atoms with E-state index in [0.29, 0.717) is 22.8 Å². The molecule has 1 heterocycles. The van der Waals surface area contributed by atoms with Crippen molar-refractivity contribution in [1.29, 1.82) is 0 Å². The Hall–Kier alpha value is -2.05. The highest BCUT2D eigenvalue weighted by molar-refractivity contribution is 7.92. The van der Waals surface area contributed by atoms with Gasteiger partial charge in [0.15, 0.2) is 0 Å². The second-order valence-corrected chi connectivity index (χ2v) is 7.76. The molecule has 1 aliphatic rings. The number of hydrogen-bond donors (Lipinski definition) is 1. The van der Waals surface area contributed by atoms with Crippen molar-refractivity contribution in [1.82, 2.24) is 0 Å². The van der Waals surface area contributed by atoms with E-state index in [1.54, 1.807) is 42.2 Å². The van der Waals surface area contributed by atoms with Gasteiger partial charge in [0.25, 0.3) is 10.0 Å². The molecule has 0 saturated carbocycles. The quantitative estimate of drug-likeness (QED) is 0.904. The van der Waals surface area contributed by atoms with Gasteiger partial charge in [-0.3, -0.25) is 9.52 Å². The van der Waals surface area contributed by atoms with Crippen molar-refractivity contribution in [3.05, 3.63) is 52.5 Å². The van der Waals surface area contributed by atoms with E-state index >= 15 is 0 Å². The molecule has 0 atom stereocenters. The third kappa shape index (κ3) is 2.99. The number of carbonyl (C=O) groups is 1. The van der Waals surface area contributed by atoms with Crippen LogP contribution in [-0.2, 0) is 21.2 Å². The zero-order valence-electron chi connectivity index (χ0n) is 13.3. The average molecular weight is 365 g/mol. The zero-order chi connectivity index (χ0) is 17.5. The first-order valence-electron chi connectivity index (χ1n) is 7.54. The number of sulfonamides is 1. The minimum Gasteiger partial charge on any atom is -0.312 e. The first-order chi connectivity index (χ1) is 11.3. The molecule has 0 radical (unpaired) electrons. The van der Waals surface area contributed by atoms with Crippen LogP contribution in [0.2, 0.25) is 5.02 Å². The third-order valence-corrected chi connectivity index (χ3v) is 5.78. The van der Waals surface area contributed by atoms with Gasteiger partial charge in [0.2, 0.25) is 5.91 Å². The van der Waals surface area contributed by atoms with E-state index in [-0.39, 0.29) is 17.2 Å². The van der Waals surface area contributed by atoms with Crippen molar-refractivity contribution in [2.75, 3.05) is 16.2 Å². The first-order valence-corrected chi connectivity index (χ1v) is 9.40. The summed E-state index contributed by atoms with van der Waals surface area (Å²) < 4.78 is 27.8. The van der Waals surface area contributed by atoms with Crippen molar-refractivity contribution in [2.45, 2.75) is 25.2 Å². The molecule has 2 aromatic carbocycles. The van der Waals surface area contributed by atoms with E-state index in [4.69, 9.17) is 11.6 Å². The fourth-order valence-electron chi connectivity index (χ4n) is 2.87. The second-order valence-electron chi connectivity index (χ2n) is 5.67. The number of hydrogen-bond acceptors (Lipinski definition) is 3. The van der Waals surface area contributed by atoms with Crippen LogP contribution in [0.1, 0.15) is 18.1 Å². The lowest BCUT2D eigenvalue weighted by Gasteiger charge is -2.15. The van der Waals surface area contributed by atoms with Crippen molar-refractivity contribution >= 4 is 38.9 Å². The summed E-state index contributed by atoms with van der Waals surface area (Å²) in [6.45, 7) is 4.22. The molecule has 3 rings (SSSR count). The van der Waals surface area contributed by atoms with Gasteiger partial charge in [-0.25, -0.2) is 8.42 Å². The lowest BCUT2D eigenvalue weighted by atomic mass is 10.1. The van der Waals surface area contributed by atoms with Crippen LogP contribution in [0.3, 0.4) is 0 Å². The molecular weight excluding hydrogens is 348 g/mol. The molecule has 1 amide bonds. The molecule has 0 spiro atoms.